The first-order valence-electron chi connectivity index (χ1n) is 11.5. The number of hydrogen-bond acceptors (Lipinski definition) is 7. The van der Waals surface area contributed by atoms with Gasteiger partial charge in [0, 0.05) is 32.4 Å². The second kappa shape index (κ2) is 10.5. The Bertz CT molecular complexity index is 1380. The molecular weight excluding hydrogens is 481 g/mol. The molecule has 0 radical (unpaired) electrons. The van der Waals surface area contributed by atoms with Gasteiger partial charge >= 0.3 is 0 Å². The maximum absolute atomic E-state index is 14.3. The fourth-order valence-corrected chi connectivity index (χ4v) is 4.76. The van der Waals surface area contributed by atoms with Crippen LogP contribution in [0.4, 0.5) is 21.7 Å². The lowest BCUT2D eigenvalue weighted by Crippen LogP contribution is -2.37. The molecular formula is C24H30FN9OS. The van der Waals surface area contributed by atoms with Gasteiger partial charge in [0.2, 0.25) is 0 Å². The molecule has 0 fully saturated rings. The average molecular weight is 512 g/mol. The Morgan fingerprint density at radius 3 is 2.42 bits per heavy atom. The van der Waals surface area contributed by atoms with E-state index in [9.17, 15) is 8.60 Å². The van der Waals surface area contributed by atoms with Crippen molar-refractivity contribution < 1.29 is 8.60 Å². The van der Waals surface area contributed by atoms with Crippen LogP contribution in [0.5, 0.6) is 0 Å². The molecule has 36 heavy (non-hydrogen) atoms. The van der Waals surface area contributed by atoms with E-state index in [-0.39, 0.29) is 29.8 Å². The molecule has 0 aliphatic carbocycles. The van der Waals surface area contributed by atoms with Gasteiger partial charge in [-0.3, -0.25) is 4.31 Å². The molecule has 3 aromatic heterocycles. The second-order valence-corrected chi connectivity index (χ2v) is 10.6. The maximum atomic E-state index is 14.3. The quantitative estimate of drug-likeness (QED) is 0.353. The van der Waals surface area contributed by atoms with Crippen LogP contribution in [0.15, 0.2) is 42.6 Å². The molecule has 0 bridgehead atoms. The first-order valence-corrected chi connectivity index (χ1v) is 12.6. The number of aromatic nitrogens is 5. The van der Waals surface area contributed by atoms with Crippen LogP contribution in [0.1, 0.15) is 25.8 Å². The molecule has 0 saturated carbocycles. The number of rotatable bonds is 9. The van der Waals surface area contributed by atoms with Gasteiger partial charge < -0.3 is 11.5 Å². The lowest BCUT2D eigenvalue weighted by Gasteiger charge is -2.28. The summed E-state index contributed by atoms with van der Waals surface area (Å²) in [5, 5.41) is 5.32. The number of nitrogen functional groups attached to an aromatic ring is 2. The number of hydrogen-bond donors (Lipinski definition) is 2. The minimum absolute atomic E-state index is 0.0946. The molecule has 190 valence electrons. The second-order valence-electron chi connectivity index (χ2n) is 8.97. The third kappa shape index (κ3) is 5.14. The van der Waals surface area contributed by atoms with Crippen molar-refractivity contribution in [2.75, 3.05) is 36.4 Å². The summed E-state index contributed by atoms with van der Waals surface area (Å²) in [6.07, 6.45) is 2.42. The fourth-order valence-electron chi connectivity index (χ4n) is 3.77. The summed E-state index contributed by atoms with van der Waals surface area (Å²) in [5.41, 5.74) is 14.5. The molecule has 0 aliphatic rings. The highest BCUT2D eigenvalue weighted by atomic mass is 32.2. The molecule has 4 aromatic rings. The smallest absolute Gasteiger partial charge is 0.198 e. The maximum Gasteiger partial charge on any atom is 0.198 e. The zero-order chi connectivity index (χ0) is 26.0. The fraction of sp³-hybridized carbons (Fsp3) is 0.333. The summed E-state index contributed by atoms with van der Waals surface area (Å²) in [7, 11) is 3.42. The highest BCUT2D eigenvalue weighted by Crippen LogP contribution is 2.34. The van der Waals surface area contributed by atoms with Gasteiger partial charge in [0.05, 0.1) is 11.9 Å². The van der Waals surface area contributed by atoms with Crippen molar-refractivity contribution in [1.82, 2.24) is 29.0 Å². The summed E-state index contributed by atoms with van der Waals surface area (Å²) in [4.78, 5) is 13.4. The number of fused-ring (bicyclic) bond motifs is 1. The highest BCUT2D eigenvalue weighted by molar-refractivity contribution is 7.84. The third-order valence-electron chi connectivity index (χ3n) is 5.59. The highest BCUT2D eigenvalue weighted by Gasteiger charge is 2.26. The van der Waals surface area contributed by atoms with Crippen molar-refractivity contribution in [3.05, 3.63) is 54.0 Å². The van der Waals surface area contributed by atoms with E-state index in [2.05, 4.69) is 33.9 Å². The Balaban J connectivity index is 1.79. The van der Waals surface area contributed by atoms with Gasteiger partial charge in [-0.15, -0.1) is 0 Å². The number of pyridine rings is 1. The van der Waals surface area contributed by atoms with Gasteiger partial charge in [0.25, 0.3) is 0 Å². The predicted octanol–water partition coefficient (Wildman–Crippen LogP) is 3.23. The van der Waals surface area contributed by atoms with Gasteiger partial charge in [-0.05, 0) is 30.5 Å². The molecule has 4 rings (SSSR count). The van der Waals surface area contributed by atoms with E-state index < -0.39 is 11.2 Å². The molecule has 0 aliphatic heterocycles. The zero-order valence-electron chi connectivity index (χ0n) is 20.7. The van der Waals surface area contributed by atoms with E-state index in [0.29, 0.717) is 40.4 Å². The average Bonchev–Trinajstić information content (AvgIpc) is 3.20. The van der Waals surface area contributed by atoms with Crippen LogP contribution in [-0.2, 0) is 17.7 Å². The number of halogens is 1. The van der Waals surface area contributed by atoms with Gasteiger partial charge in [0.15, 0.2) is 34.3 Å². The van der Waals surface area contributed by atoms with E-state index in [1.807, 2.05) is 6.07 Å². The lowest BCUT2D eigenvalue weighted by molar-refractivity contribution is 0.572. The third-order valence-corrected chi connectivity index (χ3v) is 6.96. The normalized spacial score (nSPS) is 12.5. The Labute approximate surface area is 211 Å². The van der Waals surface area contributed by atoms with Crippen LogP contribution < -0.4 is 15.8 Å². The van der Waals surface area contributed by atoms with E-state index in [4.69, 9.17) is 11.5 Å². The van der Waals surface area contributed by atoms with E-state index in [1.165, 1.54) is 6.07 Å². The minimum atomic E-state index is -1.53. The molecule has 1 aromatic carbocycles. The van der Waals surface area contributed by atoms with E-state index >= 15 is 0 Å². The van der Waals surface area contributed by atoms with Crippen LogP contribution in [0.2, 0.25) is 0 Å². The van der Waals surface area contributed by atoms with Gasteiger partial charge in [-0.2, -0.15) is 5.10 Å². The molecule has 0 amide bonds. The van der Waals surface area contributed by atoms with Crippen LogP contribution >= 0.6 is 0 Å². The summed E-state index contributed by atoms with van der Waals surface area (Å²) < 4.78 is 32.1. The molecule has 1 atom stereocenters. The first kappa shape index (κ1) is 25.5. The first-order chi connectivity index (χ1) is 17.2. The summed E-state index contributed by atoms with van der Waals surface area (Å²) in [5.74, 6) is 0.447. The number of benzene rings is 1. The van der Waals surface area contributed by atoms with E-state index in [1.54, 1.807) is 57.8 Å². The largest absolute Gasteiger partial charge is 0.382 e. The van der Waals surface area contributed by atoms with Crippen molar-refractivity contribution in [2.45, 2.75) is 26.8 Å². The van der Waals surface area contributed by atoms with Crippen molar-refractivity contribution in [2.24, 2.45) is 5.92 Å². The standard InChI is InChI=1S/C24H30FN9OS/c1-15(2)11-13-34(36(35)32(3)4)20-21(26)29-23(30-22(20)27)19-17-9-7-12-28-24(17)33(31-19)14-16-8-5-6-10-18(16)25/h5-10,12,15H,11,13-14H2,1-4H3,(H4,26,27,29,30). The SMILES string of the molecule is CC(C)CCN(c1c(N)nc(-c2nn(Cc3ccccc3F)c3ncccc23)nc1N)S(=O)N(C)C. The molecule has 4 N–H and O–H groups in total. The molecule has 1 unspecified atom stereocenters. The Morgan fingerprint density at radius 2 is 1.78 bits per heavy atom. The monoisotopic (exact) mass is 511 g/mol. The lowest BCUT2D eigenvalue weighted by atomic mass is 10.1. The van der Waals surface area contributed by atoms with Crippen LogP contribution in [0.3, 0.4) is 0 Å². The van der Waals surface area contributed by atoms with Crippen LogP contribution in [0, 0.1) is 11.7 Å². The van der Waals surface area contributed by atoms with Crippen molar-refractivity contribution in [3.8, 4) is 11.5 Å². The molecule has 0 spiro atoms. The molecule has 12 heteroatoms. The Hall–Kier alpha value is -3.64. The number of nitrogens with two attached hydrogens (primary N) is 2. The summed E-state index contributed by atoms with van der Waals surface area (Å²) in [6, 6.07) is 10.1. The van der Waals surface area contributed by atoms with Crippen LogP contribution in [0.25, 0.3) is 22.6 Å². The van der Waals surface area contributed by atoms with Crippen molar-refractivity contribution >= 4 is 39.5 Å². The topological polar surface area (TPSA) is 132 Å². The zero-order valence-corrected chi connectivity index (χ0v) is 21.5. The summed E-state index contributed by atoms with van der Waals surface area (Å²) >= 11 is -1.53. The Kier molecular flexibility index (Phi) is 7.45. The molecule has 10 nitrogen and oxygen atoms in total. The van der Waals surface area contributed by atoms with Crippen molar-refractivity contribution in [3.63, 3.8) is 0 Å². The van der Waals surface area contributed by atoms with Gasteiger partial charge in [-0.25, -0.2) is 32.5 Å². The molecule has 3 heterocycles. The van der Waals surface area contributed by atoms with Gasteiger partial charge in [0.1, 0.15) is 17.2 Å². The molecule has 0 saturated heterocycles. The predicted molar refractivity (Wildman–Crippen MR) is 142 cm³/mol. The van der Waals surface area contributed by atoms with Gasteiger partial charge in [-0.1, -0.05) is 32.0 Å². The summed E-state index contributed by atoms with van der Waals surface area (Å²) in [6.45, 7) is 4.80. The number of nitrogens with zero attached hydrogens (tertiary/aromatic N) is 7. The van der Waals surface area contributed by atoms with Crippen molar-refractivity contribution in [1.29, 1.82) is 0 Å². The Morgan fingerprint density at radius 1 is 1.08 bits per heavy atom. The van der Waals surface area contributed by atoms with E-state index in [0.717, 1.165) is 6.42 Å². The number of anilines is 3. The minimum Gasteiger partial charge on any atom is -0.382 e. The van der Waals surface area contributed by atoms with Crippen LogP contribution in [-0.4, -0.2) is 53.9 Å².